The summed E-state index contributed by atoms with van der Waals surface area (Å²) in [5.41, 5.74) is 3.38. The maximum atomic E-state index is 11.1. The Kier molecular flexibility index (Phi) is 4.56. The lowest BCUT2D eigenvalue weighted by molar-refractivity contribution is 0.111. The minimum Gasteiger partial charge on any atom is -0.342 e. The second kappa shape index (κ2) is 6.37. The largest absolute Gasteiger partial charge is 0.342 e. The lowest BCUT2D eigenvalue weighted by Gasteiger charge is -2.13. The number of benzene rings is 1. The molecule has 0 N–H and O–H groups in total. The number of carbonyl (C=O) groups is 1. The molecule has 2 nitrogen and oxygen atoms in total. The fourth-order valence-corrected chi connectivity index (χ4v) is 2.35. The average Bonchev–Trinajstić information content (AvgIpc) is 2.79. The molecule has 100 valence electrons. The first-order valence-electron chi connectivity index (χ1n) is 6.88. The number of rotatable bonds is 6. The van der Waals surface area contributed by atoms with Gasteiger partial charge in [-0.2, -0.15) is 0 Å². The predicted octanol–water partition coefficient (Wildman–Crippen LogP) is 3.74. The third kappa shape index (κ3) is 3.57. The van der Waals surface area contributed by atoms with Crippen LogP contribution >= 0.6 is 0 Å². The van der Waals surface area contributed by atoms with Crippen LogP contribution in [0.3, 0.4) is 0 Å². The van der Waals surface area contributed by atoms with Gasteiger partial charge in [-0.1, -0.05) is 44.2 Å². The van der Waals surface area contributed by atoms with Gasteiger partial charge in [0.1, 0.15) is 0 Å². The maximum absolute atomic E-state index is 11.1. The Labute approximate surface area is 115 Å². The Balaban J connectivity index is 2.11. The van der Waals surface area contributed by atoms with Gasteiger partial charge in [0, 0.05) is 12.2 Å². The Morgan fingerprint density at radius 2 is 1.79 bits per heavy atom. The molecule has 1 aromatic heterocycles. The normalized spacial score (nSPS) is 10.9. The van der Waals surface area contributed by atoms with Crippen molar-refractivity contribution in [1.82, 2.24) is 4.57 Å². The van der Waals surface area contributed by atoms with Crippen LogP contribution in [0.4, 0.5) is 0 Å². The van der Waals surface area contributed by atoms with Gasteiger partial charge in [-0.15, -0.1) is 0 Å². The lowest BCUT2D eigenvalue weighted by atomic mass is 10.1. The second-order valence-corrected chi connectivity index (χ2v) is 5.36. The molecule has 0 unspecified atom stereocenters. The van der Waals surface area contributed by atoms with Crippen molar-refractivity contribution in [2.75, 3.05) is 0 Å². The Bertz CT molecular complexity index is 525. The van der Waals surface area contributed by atoms with E-state index in [4.69, 9.17) is 0 Å². The van der Waals surface area contributed by atoms with E-state index < -0.39 is 0 Å². The zero-order chi connectivity index (χ0) is 13.7. The summed E-state index contributed by atoms with van der Waals surface area (Å²) in [4.78, 5) is 11.1. The highest BCUT2D eigenvalue weighted by atomic mass is 16.1. The van der Waals surface area contributed by atoms with E-state index in [0.29, 0.717) is 5.92 Å². The molecule has 0 bridgehead atoms. The van der Waals surface area contributed by atoms with Crippen LogP contribution in [0.15, 0.2) is 42.5 Å². The van der Waals surface area contributed by atoms with Crippen molar-refractivity contribution in [3.8, 4) is 0 Å². The standard InChI is InChI=1S/C17H21NO/c1-14(2)12-18-16(10-11-17(18)13-19)9-8-15-6-4-3-5-7-15/h3-7,10-11,13-14H,8-9,12H2,1-2H3. The number of hydrogen-bond donors (Lipinski definition) is 0. The first-order chi connectivity index (χ1) is 9.20. The second-order valence-electron chi connectivity index (χ2n) is 5.36. The van der Waals surface area contributed by atoms with Crippen LogP contribution in [-0.2, 0) is 19.4 Å². The van der Waals surface area contributed by atoms with Crippen molar-refractivity contribution in [3.05, 3.63) is 59.4 Å². The molecule has 0 aliphatic carbocycles. The molecule has 2 aromatic rings. The number of nitrogens with zero attached hydrogens (tertiary/aromatic N) is 1. The van der Waals surface area contributed by atoms with E-state index in [1.165, 1.54) is 11.3 Å². The van der Waals surface area contributed by atoms with Crippen LogP contribution in [0.25, 0.3) is 0 Å². The molecule has 1 heterocycles. The van der Waals surface area contributed by atoms with Gasteiger partial charge in [-0.3, -0.25) is 4.79 Å². The van der Waals surface area contributed by atoms with Crippen molar-refractivity contribution in [2.24, 2.45) is 5.92 Å². The third-order valence-corrected chi connectivity index (χ3v) is 3.29. The molecule has 0 aliphatic heterocycles. The molecule has 1 aromatic carbocycles. The summed E-state index contributed by atoms with van der Waals surface area (Å²) in [5, 5.41) is 0. The molecular weight excluding hydrogens is 234 g/mol. The minimum absolute atomic E-state index is 0.543. The number of carbonyl (C=O) groups excluding carboxylic acids is 1. The fraction of sp³-hybridized carbons (Fsp3) is 0.353. The summed E-state index contributed by atoms with van der Waals surface area (Å²) in [7, 11) is 0. The first-order valence-corrected chi connectivity index (χ1v) is 6.88. The summed E-state index contributed by atoms with van der Waals surface area (Å²) >= 11 is 0. The van der Waals surface area contributed by atoms with Crippen molar-refractivity contribution < 1.29 is 4.79 Å². The molecule has 0 spiro atoms. The highest BCUT2D eigenvalue weighted by Crippen LogP contribution is 2.14. The molecule has 2 heteroatoms. The molecule has 2 rings (SSSR count). The van der Waals surface area contributed by atoms with Crippen molar-refractivity contribution in [1.29, 1.82) is 0 Å². The topological polar surface area (TPSA) is 22.0 Å². The van der Waals surface area contributed by atoms with Crippen molar-refractivity contribution >= 4 is 6.29 Å². The van der Waals surface area contributed by atoms with Crippen LogP contribution in [0.2, 0.25) is 0 Å². The molecule has 0 amide bonds. The highest BCUT2D eigenvalue weighted by Gasteiger charge is 2.09. The smallest absolute Gasteiger partial charge is 0.166 e. The summed E-state index contributed by atoms with van der Waals surface area (Å²) in [5.74, 6) is 0.543. The van der Waals surface area contributed by atoms with Gasteiger partial charge in [0.05, 0.1) is 5.69 Å². The van der Waals surface area contributed by atoms with Crippen LogP contribution in [0.5, 0.6) is 0 Å². The van der Waals surface area contributed by atoms with E-state index in [1.807, 2.05) is 12.1 Å². The van der Waals surface area contributed by atoms with E-state index in [2.05, 4.69) is 48.7 Å². The van der Waals surface area contributed by atoms with Gasteiger partial charge in [0.15, 0.2) is 6.29 Å². The van der Waals surface area contributed by atoms with Gasteiger partial charge in [-0.05, 0) is 36.5 Å². The molecule has 0 atom stereocenters. The fourth-order valence-electron chi connectivity index (χ4n) is 2.35. The number of hydrogen-bond acceptors (Lipinski definition) is 1. The van der Waals surface area contributed by atoms with E-state index in [-0.39, 0.29) is 0 Å². The number of aryl methyl sites for hydroxylation is 2. The zero-order valence-electron chi connectivity index (χ0n) is 11.7. The van der Waals surface area contributed by atoms with Gasteiger partial charge < -0.3 is 4.57 Å². The van der Waals surface area contributed by atoms with Crippen LogP contribution in [-0.4, -0.2) is 10.9 Å². The summed E-state index contributed by atoms with van der Waals surface area (Å²) in [6.45, 7) is 5.26. The monoisotopic (exact) mass is 255 g/mol. The average molecular weight is 255 g/mol. The Morgan fingerprint density at radius 3 is 2.42 bits per heavy atom. The zero-order valence-corrected chi connectivity index (χ0v) is 11.7. The van der Waals surface area contributed by atoms with Gasteiger partial charge in [-0.25, -0.2) is 0 Å². The summed E-state index contributed by atoms with van der Waals surface area (Å²) in [6.07, 6.45) is 2.94. The third-order valence-electron chi connectivity index (χ3n) is 3.29. The van der Waals surface area contributed by atoms with Crippen molar-refractivity contribution in [2.45, 2.75) is 33.2 Å². The predicted molar refractivity (Wildman–Crippen MR) is 78.5 cm³/mol. The van der Waals surface area contributed by atoms with E-state index in [0.717, 1.165) is 31.4 Å². The van der Waals surface area contributed by atoms with Crippen LogP contribution < -0.4 is 0 Å². The van der Waals surface area contributed by atoms with E-state index in [9.17, 15) is 4.79 Å². The molecule has 0 fully saturated rings. The van der Waals surface area contributed by atoms with E-state index in [1.54, 1.807) is 0 Å². The van der Waals surface area contributed by atoms with Crippen LogP contribution in [0, 0.1) is 5.92 Å². The van der Waals surface area contributed by atoms with Gasteiger partial charge in [0.25, 0.3) is 0 Å². The van der Waals surface area contributed by atoms with Crippen LogP contribution in [0.1, 0.15) is 35.6 Å². The molecule has 19 heavy (non-hydrogen) atoms. The maximum Gasteiger partial charge on any atom is 0.166 e. The minimum atomic E-state index is 0.543. The summed E-state index contributed by atoms with van der Waals surface area (Å²) < 4.78 is 2.15. The first kappa shape index (κ1) is 13.6. The molecule has 0 saturated carbocycles. The lowest BCUT2D eigenvalue weighted by Crippen LogP contribution is -2.11. The number of aromatic nitrogens is 1. The summed E-state index contributed by atoms with van der Waals surface area (Å²) in [6, 6.07) is 14.5. The van der Waals surface area contributed by atoms with Gasteiger partial charge >= 0.3 is 0 Å². The van der Waals surface area contributed by atoms with Gasteiger partial charge in [0.2, 0.25) is 0 Å². The van der Waals surface area contributed by atoms with E-state index >= 15 is 0 Å². The Morgan fingerprint density at radius 1 is 1.05 bits per heavy atom. The number of aldehydes is 1. The quantitative estimate of drug-likeness (QED) is 0.721. The highest BCUT2D eigenvalue weighted by molar-refractivity contribution is 5.72. The molecular formula is C17H21NO. The SMILES string of the molecule is CC(C)Cn1c(C=O)ccc1CCc1ccccc1. The molecule has 0 radical (unpaired) electrons. The molecule has 0 saturated heterocycles. The molecule has 0 aliphatic rings. The Hall–Kier alpha value is -1.83. The van der Waals surface area contributed by atoms with Crippen molar-refractivity contribution in [3.63, 3.8) is 0 Å².